The SMILES string of the molecule is COc1ccc(-c2[nH]c(-c3ccc(Cl)cc3)nc2SCC(=O)NC[C@@H]2CCCO2)cc1. The highest BCUT2D eigenvalue weighted by atomic mass is 35.5. The van der Waals surface area contributed by atoms with Gasteiger partial charge in [0, 0.05) is 29.3 Å². The molecule has 0 saturated carbocycles. The zero-order valence-corrected chi connectivity index (χ0v) is 18.8. The average molecular weight is 458 g/mol. The Morgan fingerprint density at radius 2 is 1.97 bits per heavy atom. The van der Waals surface area contributed by atoms with Gasteiger partial charge >= 0.3 is 0 Å². The fourth-order valence-corrected chi connectivity index (χ4v) is 4.34. The molecular weight excluding hydrogens is 434 g/mol. The van der Waals surface area contributed by atoms with Gasteiger partial charge in [-0.15, -0.1) is 0 Å². The largest absolute Gasteiger partial charge is 0.497 e. The number of thioether (sulfide) groups is 1. The van der Waals surface area contributed by atoms with Crippen molar-refractivity contribution in [2.75, 3.05) is 26.0 Å². The summed E-state index contributed by atoms with van der Waals surface area (Å²) in [6.45, 7) is 1.34. The van der Waals surface area contributed by atoms with Crippen molar-refractivity contribution in [1.29, 1.82) is 0 Å². The molecule has 1 fully saturated rings. The lowest BCUT2D eigenvalue weighted by Gasteiger charge is -2.10. The summed E-state index contributed by atoms with van der Waals surface area (Å²) in [7, 11) is 1.64. The zero-order valence-electron chi connectivity index (χ0n) is 17.2. The van der Waals surface area contributed by atoms with Crippen molar-refractivity contribution in [3.63, 3.8) is 0 Å². The molecule has 1 aliphatic rings. The normalized spacial score (nSPS) is 15.7. The molecule has 3 aromatic rings. The first-order valence-electron chi connectivity index (χ1n) is 10.1. The quantitative estimate of drug-likeness (QED) is 0.475. The zero-order chi connectivity index (χ0) is 21.6. The van der Waals surface area contributed by atoms with Gasteiger partial charge < -0.3 is 19.8 Å². The number of hydrogen-bond donors (Lipinski definition) is 2. The molecule has 6 nitrogen and oxygen atoms in total. The number of carbonyl (C=O) groups excluding carboxylic acids is 1. The van der Waals surface area contributed by atoms with E-state index in [9.17, 15) is 4.79 Å². The smallest absolute Gasteiger partial charge is 0.230 e. The molecule has 2 N–H and O–H groups in total. The van der Waals surface area contributed by atoms with E-state index in [-0.39, 0.29) is 17.8 Å². The van der Waals surface area contributed by atoms with Crippen molar-refractivity contribution in [1.82, 2.24) is 15.3 Å². The van der Waals surface area contributed by atoms with Crippen molar-refractivity contribution >= 4 is 29.3 Å². The van der Waals surface area contributed by atoms with Crippen LogP contribution in [0.5, 0.6) is 5.75 Å². The fourth-order valence-electron chi connectivity index (χ4n) is 3.38. The van der Waals surface area contributed by atoms with Crippen LogP contribution in [0.2, 0.25) is 5.02 Å². The molecule has 4 rings (SSSR count). The molecular formula is C23H24ClN3O3S. The molecule has 1 aliphatic heterocycles. The summed E-state index contributed by atoms with van der Waals surface area (Å²) in [6, 6.07) is 15.2. The predicted molar refractivity (Wildman–Crippen MR) is 124 cm³/mol. The van der Waals surface area contributed by atoms with Crippen LogP contribution in [0.1, 0.15) is 12.8 Å². The summed E-state index contributed by atoms with van der Waals surface area (Å²) in [5.74, 6) is 1.76. The van der Waals surface area contributed by atoms with Gasteiger partial charge in [-0.2, -0.15) is 0 Å². The van der Waals surface area contributed by atoms with Gasteiger partial charge in [0.1, 0.15) is 16.6 Å². The molecule has 0 unspecified atom stereocenters. The summed E-state index contributed by atoms with van der Waals surface area (Å²) >= 11 is 7.43. The summed E-state index contributed by atoms with van der Waals surface area (Å²) in [5, 5.41) is 4.40. The standard InChI is InChI=1S/C23H24ClN3O3S/c1-29-18-10-6-15(7-11-18)21-23(27-22(26-21)16-4-8-17(24)9-5-16)31-14-20(28)25-13-19-3-2-12-30-19/h4-11,19H,2-3,12-14H2,1H3,(H,25,28)(H,26,27)/t19-/m0/s1. The Hall–Kier alpha value is -2.48. The number of ether oxygens (including phenoxy) is 2. The summed E-state index contributed by atoms with van der Waals surface area (Å²) in [4.78, 5) is 20.5. The topological polar surface area (TPSA) is 76.2 Å². The number of imidazole rings is 1. The van der Waals surface area contributed by atoms with E-state index < -0.39 is 0 Å². The molecule has 2 heterocycles. The molecule has 0 spiro atoms. The van der Waals surface area contributed by atoms with Crippen LogP contribution in [0, 0.1) is 0 Å². The van der Waals surface area contributed by atoms with Crippen LogP contribution >= 0.6 is 23.4 Å². The third-order valence-corrected chi connectivity index (χ3v) is 6.29. The molecule has 0 radical (unpaired) electrons. The monoisotopic (exact) mass is 457 g/mol. The Labute approximate surface area is 190 Å². The number of amides is 1. The first-order chi connectivity index (χ1) is 15.1. The van der Waals surface area contributed by atoms with Gasteiger partial charge in [0.25, 0.3) is 0 Å². The number of nitrogens with one attached hydrogen (secondary N) is 2. The van der Waals surface area contributed by atoms with E-state index in [1.807, 2.05) is 48.5 Å². The molecule has 1 saturated heterocycles. The van der Waals surface area contributed by atoms with Gasteiger partial charge in [0.05, 0.1) is 24.7 Å². The van der Waals surface area contributed by atoms with Crippen LogP contribution in [-0.4, -0.2) is 48.0 Å². The lowest BCUT2D eigenvalue weighted by molar-refractivity contribution is -0.119. The Kier molecular flexibility index (Phi) is 7.17. The maximum absolute atomic E-state index is 12.4. The first kappa shape index (κ1) is 21.7. The minimum atomic E-state index is -0.0303. The Bertz CT molecular complexity index is 1020. The van der Waals surface area contributed by atoms with E-state index in [2.05, 4.69) is 10.3 Å². The fraction of sp³-hybridized carbons (Fsp3) is 0.304. The van der Waals surface area contributed by atoms with Crippen molar-refractivity contribution in [2.24, 2.45) is 0 Å². The number of rotatable bonds is 8. The van der Waals surface area contributed by atoms with Crippen molar-refractivity contribution in [3.05, 3.63) is 53.6 Å². The number of H-pyrrole nitrogens is 1. The van der Waals surface area contributed by atoms with Crippen LogP contribution in [0.25, 0.3) is 22.6 Å². The summed E-state index contributed by atoms with van der Waals surface area (Å²) in [5.41, 5.74) is 2.76. The number of methoxy groups -OCH3 is 1. The number of aromatic amines is 1. The molecule has 8 heteroatoms. The molecule has 1 amide bonds. The third-order valence-electron chi connectivity index (χ3n) is 5.06. The van der Waals surface area contributed by atoms with E-state index in [1.54, 1.807) is 7.11 Å². The third kappa shape index (κ3) is 5.61. The number of halogens is 1. The maximum Gasteiger partial charge on any atom is 0.230 e. The summed E-state index contributed by atoms with van der Waals surface area (Å²) < 4.78 is 10.8. The van der Waals surface area contributed by atoms with Crippen molar-refractivity contribution in [2.45, 2.75) is 24.0 Å². The Balaban J connectivity index is 1.52. The molecule has 2 aromatic carbocycles. The molecule has 1 atom stereocenters. The molecule has 0 aliphatic carbocycles. The van der Waals surface area contributed by atoms with Crippen LogP contribution in [0.15, 0.2) is 53.6 Å². The van der Waals surface area contributed by atoms with Crippen LogP contribution in [0.3, 0.4) is 0 Å². The Morgan fingerprint density at radius 3 is 2.65 bits per heavy atom. The second-order valence-electron chi connectivity index (χ2n) is 7.23. The second kappa shape index (κ2) is 10.2. The van der Waals surface area contributed by atoms with Crippen LogP contribution < -0.4 is 10.1 Å². The van der Waals surface area contributed by atoms with Gasteiger partial charge in [0.15, 0.2) is 0 Å². The van der Waals surface area contributed by atoms with E-state index in [4.69, 9.17) is 26.1 Å². The van der Waals surface area contributed by atoms with Crippen LogP contribution in [-0.2, 0) is 9.53 Å². The number of hydrogen-bond acceptors (Lipinski definition) is 5. The number of carbonyl (C=O) groups is 1. The lowest BCUT2D eigenvalue weighted by Crippen LogP contribution is -2.32. The molecule has 0 bridgehead atoms. The van der Waals surface area contributed by atoms with E-state index in [0.717, 1.165) is 52.9 Å². The maximum atomic E-state index is 12.4. The van der Waals surface area contributed by atoms with Crippen molar-refractivity contribution in [3.8, 4) is 28.4 Å². The van der Waals surface area contributed by atoms with Gasteiger partial charge in [0.2, 0.25) is 5.91 Å². The minimum absolute atomic E-state index is 0.0303. The van der Waals surface area contributed by atoms with Gasteiger partial charge in [-0.25, -0.2) is 4.98 Å². The van der Waals surface area contributed by atoms with Gasteiger partial charge in [-0.05, 0) is 61.4 Å². The predicted octanol–water partition coefficient (Wildman–Crippen LogP) is 4.79. The summed E-state index contributed by atoms with van der Waals surface area (Å²) in [6.07, 6.45) is 2.19. The number of benzene rings is 2. The number of nitrogens with zero attached hydrogens (tertiary/aromatic N) is 1. The highest BCUT2D eigenvalue weighted by Crippen LogP contribution is 2.33. The van der Waals surface area contributed by atoms with E-state index in [1.165, 1.54) is 11.8 Å². The van der Waals surface area contributed by atoms with Gasteiger partial charge in [-0.3, -0.25) is 4.79 Å². The second-order valence-corrected chi connectivity index (χ2v) is 8.63. The molecule has 31 heavy (non-hydrogen) atoms. The average Bonchev–Trinajstić information content (AvgIpc) is 3.47. The highest BCUT2D eigenvalue weighted by Gasteiger charge is 2.18. The van der Waals surface area contributed by atoms with Gasteiger partial charge in [-0.1, -0.05) is 23.4 Å². The molecule has 162 valence electrons. The number of aromatic nitrogens is 2. The van der Waals surface area contributed by atoms with Crippen LogP contribution in [0.4, 0.5) is 0 Å². The molecule has 1 aromatic heterocycles. The lowest BCUT2D eigenvalue weighted by atomic mass is 10.1. The van der Waals surface area contributed by atoms with E-state index >= 15 is 0 Å². The minimum Gasteiger partial charge on any atom is -0.497 e. The first-order valence-corrected chi connectivity index (χ1v) is 11.5. The van der Waals surface area contributed by atoms with Crippen molar-refractivity contribution < 1.29 is 14.3 Å². The Morgan fingerprint density at radius 1 is 1.23 bits per heavy atom. The highest BCUT2D eigenvalue weighted by molar-refractivity contribution is 8.00. The van der Waals surface area contributed by atoms with E-state index in [0.29, 0.717) is 11.6 Å².